The summed E-state index contributed by atoms with van der Waals surface area (Å²) < 4.78 is 0. The summed E-state index contributed by atoms with van der Waals surface area (Å²) >= 11 is 6.03. The van der Waals surface area contributed by atoms with E-state index >= 15 is 0 Å². The average Bonchev–Trinajstić information content (AvgIpc) is 3.36. The van der Waals surface area contributed by atoms with E-state index in [1.165, 1.54) is 0 Å². The molecule has 0 bridgehead atoms. The first-order valence-corrected chi connectivity index (χ1v) is 9.85. The Hall–Kier alpha value is -3.12. The number of amides is 2. The van der Waals surface area contributed by atoms with Gasteiger partial charge in [0.1, 0.15) is 5.82 Å². The minimum atomic E-state index is -0.410. The maximum atomic E-state index is 12.7. The van der Waals surface area contributed by atoms with Crippen LogP contribution in [0.25, 0.3) is 11.3 Å². The highest BCUT2D eigenvalue weighted by molar-refractivity contribution is 6.31. The van der Waals surface area contributed by atoms with Gasteiger partial charge in [0.2, 0.25) is 11.8 Å². The molecule has 0 radical (unpaired) electrons. The van der Waals surface area contributed by atoms with Crippen LogP contribution in [-0.2, 0) is 9.59 Å². The number of hydrogen-bond acceptors (Lipinski definition) is 3. The predicted molar refractivity (Wildman–Crippen MR) is 112 cm³/mol. The summed E-state index contributed by atoms with van der Waals surface area (Å²) in [6.45, 7) is 2.21. The third kappa shape index (κ3) is 4.17. The van der Waals surface area contributed by atoms with Gasteiger partial charge in [0.05, 0.1) is 23.9 Å². The number of carbonyl (C=O) groups is 2. The lowest BCUT2D eigenvalue weighted by molar-refractivity contribution is -0.126. The van der Waals surface area contributed by atoms with Gasteiger partial charge in [-0.25, -0.2) is 4.98 Å². The number of imidazole rings is 1. The number of benzene rings is 2. The number of nitrogens with one attached hydrogen (secondary N) is 2. The molecule has 148 valence electrons. The number of H-pyrrole nitrogens is 1. The second-order valence-corrected chi connectivity index (χ2v) is 7.60. The van der Waals surface area contributed by atoms with Gasteiger partial charge < -0.3 is 15.2 Å². The summed E-state index contributed by atoms with van der Waals surface area (Å²) in [7, 11) is 0. The van der Waals surface area contributed by atoms with Crippen molar-refractivity contribution >= 4 is 29.1 Å². The highest BCUT2D eigenvalue weighted by atomic mass is 35.5. The van der Waals surface area contributed by atoms with Crippen LogP contribution in [0.5, 0.6) is 0 Å². The molecule has 2 atom stereocenters. The zero-order valence-electron chi connectivity index (χ0n) is 15.9. The van der Waals surface area contributed by atoms with Crippen LogP contribution in [0.1, 0.15) is 25.2 Å². The molecular formula is C22H21ClN4O2. The lowest BCUT2D eigenvalue weighted by Crippen LogP contribution is -2.35. The number of nitrogens with zero attached hydrogens (tertiary/aromatic N) is 2. The molecule has 2 amide bonds. The molecule has 0 aliphatic carbocycles. The van der Waals surface area contributed by atoms with E-state index in [1.54, 1.807) is 29.3 Å². The van der Waals surface area contributed by atoms with Crippen molar-refractivity contribution in [2.24, 2.45) is 5.92 Å². The van der Waals surface area contributed by atoms with Crippen LogP contribution < -0.4 is 10.2 Å². The monoisotopic (exact) mass is 408 g/mol. The predicted octanol–water partition coefficient (Wildman–Crippen LogP) is 3.96. The zero-order valence-corrected chi connectivity index (χ0v) is 16.7. The molecule has 1 aliphatic rings. The first-order valence-electron chi connectivity index (χ1n) is 9.48. The Labute approximate surface area is 173 Å². The molecule has 2 aromatic carbocycles. The number of aromatic nitrogens is 2. The first-order chi connectivity index (χ1) is 14.0. The molecule has 2 N–H and O–H groups in total. The van der Waals surface area contributed by atoms with Crippen molar-refractivity contribution in [3.63, 3.8) is 0 Å². The van der Waals surface area contributed by atoms with Gasteiger partial charge in [0.15, 0.2) is 0 Å². The number of hydrogen-bond donors (Lipinski definition) is 2. The smallest absolute Gasteiger partial charge is 0.227 e. The SMILES string of the molecule is CC(NC(=O)C1CC(=O)N(c2cccc(Cl)c2)C1)c1ncc(-c2ccccc2)[nH]1. The van der Waals surface area contributed by atoms with Gasteiger partial charge in [-0.1, -0.05) is 48.0 Å². The maximum absolute atomic E-state index is 12.7. The Morgan fingerprint density at radius 3 is 2.79 bits per heavy atom. The Kier molecular flexibility index (Phi) is 5.36. The fourth-order valence-corrected chi connectivity index (χ4v) is 3.68. The van der Waals surface area contributed by atoms with Crippen LogP contribution in [0.2, 0.25) is 5.02 Å². The van der Waals surface area contributed by atoms with Gasteiger partial charge in [-0.15, -0.1) is 0 Å². The standard InChI is InChI=1S/C22H21ClN4O2/c1-14(21-24-12-19(26-21)15-6-3-2-4-7-15)25-22(29)16-10-20(28)27(13-16)18-9-5-8-17(23)11-18/h2-9,11-12,14,16H,10,13H2,1H3,(H,24,26)(H,25,29). The van der Waals surface area contributed by atoms with Gasteiger partial charge in [-0.2, -0.15) is 0 Å². The lowest BCUT2D eigenvalue weighted by atomic mass is 10.1. The van der Waals surface area contributed by atoms with E-state index in [4.69, 9.17) is 11.6 Å². The van der Waals surface area contributed by atoms with Crippen LogP contribution >= 0.6 is 11.6 Å². The number of rotatable bonds is 5. The summed E-state index contributed by atoms with van der Waals surface area (Å²) in [5.41, 5.74) is 2.64. The van der Waals surface area contributed by atoms with Crippen molar-refractivity contribution in [2.75, 3.05) is 11.4 Å². The molecule has 0 saturated carbocycles. The average molecular weight is 409 g/mol. The van der Waals surface area contributed by atoms with Crippen molar-refractivity contribution in [2.45, 2.75) is 19.4 Å². The molecule has 0 spiro atoms. The maximum Gasteiger partial charge on any atom is 0.227 e. The van der Waals surface area contributed by atoms with Crippen molar-refractivity contribution in [3.05, 3.63) is 71.6 Å². The van der Waals surface area contributed by atoms with E-state index in [0.29, 0.717) is 23.1 Å². The van der Waals surface area contributed by atoms with Crippen LogP contribution in [0.4, 0.5) is 5.69 Å². The topological polar surface area (TPSA) is 78.1 Å². The zero-order chi connectivity index (χ0) is 20.4. The fourth-order valence-electron chi connectivity index (χ4n) is 3.50. The van der Waals surface area contributed by atoms with Crippen molar-refractivity contribution in [1.29, 1.82) is 0 Å². The quantitative estimate of drug-likeness (QED) is 0.670. The summed E-state index contributed by atoms with van der Waals surface area (Å²) in [4.78, 5) is 34.4. The second-order valence-electron chi connectivity index (χ2n) is 7.16. The van der Waals surface area contributed by atoms with Gasteiger partial charge in [0, 0.05) is 23.7 Å². The van der Waals surface area contributed by atoms with Gasteiger partial charge in [-0.05, 0) is 30.7 Å². The van der Waals surface area contributed by atoms with Gasteiger partial charge >= 0.3 is 0 Å². The van der Waals surface area contributed by atoms with Crippen molar-refractivity contribution in [3.8, 4) is 11.3 Å². The van der Waals surface area contributed by atoms with Crippen LogP contribution in [0.3, 0.4) is 0 Å². The largest absolute Gasteiger partial charge is 0.346 e. The van der Waals surface area contributed by atoms with Crippen molar-refractivity contribution < 1.29 is 9.59 Å². The molecule has 2 heterocycles. The number of aromatic amines is 1. The summed E-state index contributed by atoms with van der Waals surface area (Å²) in [5.74, 6) is 0.0261. The highest BCUT2D eigenvalue weighted by Gasteiger charge is 2.35. The minimum Gasteiger partial charge on any atom is -0.346 e. The molecule has 1 fully saturated rings. The van der Waals surface area contributed by atoms with E-state index in [1.807, 2.05) is 43.3 Å². The Morgan fingerprint density at radius 2 is 2.03 bits per heavy atom. The molecule has 29 heavy (non-hydrogen) atoms. The second kappa shape index (κ2) is 8.09. The fraction of sp³-hybridized carbons (Fsp3) is 0.227. The van der Waals surface area contributed by atoms with E-state index in [9.17, 15) is 9.59 Å². The van der Waals surface area contributed by atoms with E-state index in [0.717, 1.165) is 11.3 Å². The van der Waals surface area contributed by atoms with E-state index in [2.05, 4.69) is 15.3 Å². The van der Waals surface area contributed by atoms with Gasteiger partial charge in [-0.3, -0.25) is 9.59 Å². The summed E-state index contributed by atoms with van der Waals surface area (Å²) in [5, 5.41) is 3.53. The van der Waals surface area contributed by atoms with Crippen molar-refractivity contribution in [1.82, 2.24) is 15.3 Å². The molecule has 4 rings (SSSR count). The summed E-state index contributed by atoms with van der Waals surface area (Å²) in [6, 6.07) is 16.7. The lowest BCUT2D eigenvalue weighted by Gasteiger charge is -2.18. The van der Waals surface area contributed by atoms with E-state index < -0.39 is 5.92 Å². The Balaban J connectivity index is 1.41. The molecule has 6 nitrogen and oxygen atoms in total. The Morgan fingerprint density at radius 1 is 1.24 bits per heavy atom. The summed E-state index contributed by atoms with van der Waals surface area (Å²) in [6.07, 6.45) is 1.94. The van der Waals surface area contributed by atoms with Crippen LogP contribution in [0, 0.1) is 5.92 Å². The van der Waals surface area contributed by atoms with Crippen LogP contribution in [-0.4, -0.2) is 28.3 Å². The third-order valence-electron chi connectivity index (χ3n) is 5.06. The molecule has 7 heteroatoms. The van der Waals surface area contributed by atoms with E-state index in [-0.39, 0.29) is 24.3 Å². The number of anilines is 1. The highest BCUT2D eigenvalue weighted by Crippen LogP contribution is 2.28. The van der Waals surface area contributed by atoms with Crippen LogP contribution in [0.15, 0.2) is 60.8 Å². The molecular weight excluding hydrogens is 388 g/mol. The molecule has 1 saturated heterocycles. The number of carbonyl (C=O) groups excluding carboxylic acids is 2. The molecule has 2 unspecified atom stereocenters. The third-order valence-corrected chi connectivity index (χ3v) is 5.30. The molecule has 3 aromatic rings. The Bertz CT molecular complexity index is 1030. The minimum absolute atomic E-state index is 0.0792. The molecule has 1 aromatic heterocycles. The first kappa shape index (κ1) is 19.2. The molecule has 1 aliphatic heterocycles. The van der Waals surface area contributed by atoms with Gasteiger partial charge in [0.25, 0.3) is 0 Å². The number of halogens is 1. The normalized spacial score (nSPS) is 17.4.